The summed E-state index contributed by atoms with van der Waals surface area (Å²) in [6, 6.07) is 0. The standard InChI is InChI=1S/C5H15O5P3.C4H10F2O3P2.C2H4F4O3P2.C2H6F2O5P2.CH5O3P.CH3O2P/c1-11(2,6)10-13(4,9)5-12(3,7)8;1-10(2,7)4(5,6)11(3,8)9;1-10(5,7)2(3,4)11(6,8)9;1-10(5,6)2(3,4)11(7,8)9;1-5(2,3)4;1-4(2)3/h5H2,1-4H3,(H,7,8);1-3H3,(H,8,9);1H3,(H,8,9);1H3,(H,5,6)(H2,7,8,9);1H3,(H2,2,3,4);1H3/p+1. The van der Waals surface area contributed by atoms with E-state index in [-0.39, 0.29) is 13.3 Å². The summed E-state index contributed by atoms with van der Waals surface area (Å²) < 4.78 is 215. The Kier molecular flexibility index (Phi) is 28.6. The second-order valence-electron chi connectivity index (χ2n) is 11.3. The van der Waals surface area contributed by atoms with E-state index in [1.54, 1.807) is 0 Å². The molecule has 0 aliphatic rings. The highest BCUT2D eigenvalue weighted by atomic mass is 31.3. The summed E-state index contributed by atoms with van der Waals surface area (Å²) in [5.41, 5.74) is 0. The fraction of sp³-hybridized carbons (Fsp3) is 1.00. The Morgan fingerprint density at radius 2 is 0.782 bits per heavy atom. The van der Waals surface area contributed by atoms with Crippen LogP contribution in [0.1, 0.15) is 0 Å². The Morgan fingerprint density at radius 3 is 0.836 bits per heavy atom. The SMILES string of the molecule is CP(=O)(F)C(F)(F)P(=O)(O)F.CP(=O)(O)C(F)(F)P(=O)(O)O.CP(=O)(O)CP(C)(=O)OP(C)(C)=O.CP(=O)(O)O.CP(C)(=O)C(F)(F)P(C)(=O)O.C[P+](=O)O. The van der Waals surface area contributed by atoms with Crippen molar-refractivity contribution in [3.05, 3.63) is 0 Å². The molecule has 0 fully saturated rings. The number of hydrogen-bond acceptors (Lipinski definition) is 12. The van der Waals surface area contributed by atoms with Gasteiger partial charge in [-0.25, -0.2) is 4.57 Å². The van der Waals surface area contributed by atoms with E-state index in [0.29, 0.717) is 6.66 Å². The third kappa shape index (κ3) is 34.8. The molecule has 0 aromatic rings. The Balaban J connectivity index is -0.000000136. The van der Waals surface area contributed by atoms with Gasteiger partial charge in [-0.2, -0.15) is 39.6 Å². The lowest BCUT2D eigenvalue weighted by Crippen LogP contribution is -2.15. The molecule has 0 amide bonds. The highest BCUT2D eigenvalue weighted by molar-refractivity contribution is 7.80. The third-order valence-electron chi connectivity index (χ3n) is 3.70. The fourth-order valence-electron chi connectivity index (χ4n) is 1.83. The molecule has 0 spiro atoms. The molecule has 0 saturated heterocycles. The molecule has 0 aromatic carbocycles. The number of halogens is 8. The molecule has 0 aliphatic carbocycles. The molecule has 0 aliphatic heterocycles. The smallest absolute Gasteiger partial charge is 0.344 e. The van der Waals surface area contributed by atoms with Gasteiger partial charge in [0.15, 0.2) is 13.8 Å². The predicted molar refractivity (Wildman–Crippen MR) is 192 cm³/mol. The van der Waals surface area contributed by atoms with Gasteiger partial charge in [-0.3, -0.25) is 40.8 Å². The Morgan fingerprint density at radius 1 is 0.545 bits per heavy atom. The molecule has 0 rings (SSSR count). The molecular weight excluding hydrogens is 1010 g/mol. The second-order valence-corrected chi connectivity index (χ2v) is 36.7. The van der Waals surface area contributed by atoms with Crippen molar-refractivity contribution in [1.82, 2.24) is 0 Å². The maximum atomic E-state index is 12.7. The zero-order valence-electron chi connectivity index (χ0n) is 30.1. The van der Waals surface area contributed by atoms with Crippen LogP contribution < -0.4 is 0 Å². The van der Waals surface area contributed by atoms with Gasteiger partial charge < -0.3 is 43.7 Å². The molecule has 21 nitrogen and oxygen atoms in total. The van der Waals surface area contributed by atoms with E-state index in [4.69, 9.17) is 52.9 Å². The number of alkyl halides is 6. The zero-order chi connectivity index (χ0) is 47.5. The van der Waals surface area contributed by atoms with Gasteiger partial charge >= 0.3 is 54.6 Å². The Hall–Kier alpha value is 1.44. The zero-order valence-corrected chi connectivity index (χ0v) is 39.9. The second kappa shape index (κ2) is 23.0. The van der Waals surface area contributed by atoms with Gasteiger partial charge in [0, 0.05) is 53.3 Å². The summed E-state index contributed by atoms with van der Waals surface area (Å²) >= 11 is 0. The van der Waals surface area contributed by atoms with Crippen LogP contribution in [-0.4, -0.2) is 139 Å². The lowest BCUT2D eigenvalue weighted by molar-refractivity contribution is 0.125. The van der Waals surface area contributed by atoms with Crippen LogP contribution in [0.25, 0.3) is 0 Å². The van der Waals surface area contributed by atoms with Crippen molar-refractivity contribution in [1.29, 1.82) is 0 Å². The summed E-state index contributed by atoms with van der Waals surface area (Å²) in [7, 11) is -46.5. The van der Waals surface area contributed by atoms with Gasteiger partial charge in [0.1, 0.15) is 5.90 Å². The van der Waals surface area contributed by atoms with Crippen LogP contribution in [-0.2, 0) is 54.5 Å². The van der Waals surface area contributed by atoms with E-state index in [2.05, 4.69) is 0 Å². The number of hydrogen-bond donors (Lipinski definition) is 9. The maximum absolute atomic E-state index is 12.7. The van der Waals surface area contributed by atoms with Crippen LogP contribution in [0.4, 0.5) is 34.7 Å². The van der Waals surface area contributed by atoms with Crippen molar-refractivity contribution in [2.45, 2.75) is 16.2 Å². The van der Waals surface area contributed by atoms with Gasteiger partial charge in [-0.05, 0) is 17.9 Å². The maximum Gasteiger partial charge on any atom is 0.502 e. The molecule has 0 radical (unpaired) electrons. The minimum absolute atomic E-state index is 0.116. The molecule has 9 N–H and O–H groups in total. The van der Waals surface area contributed by atoms with Gasteiger partial charge in [0.25, 0.3) is 14.7 Å². The molecule has 7 unspecified atom stereocenters. The molecular formula is C15H44F8O21P11+. The molecule has 340 valence electrons. The van der Waals surface area contributed by atoms with Gasteiger partial charge in [-0.1, -0.05) is 0 Å². The first-order chi connectivity index (χ1) is 22.6. The molecule has 0 saturated carbocycles. The van der Waals surface area contributed by atoms with Crippen LogP contribution >= 0.6 is 82.3 Å². The van der Waals surface area contributed by atoms with E-state index in [9.17, 15) is 80.4 Å². The van der Waals surface area contributed by atoms with Gasteiger partial charge in [0.2, 0.25) is 22.1 Å². The lowest BCUT2D eigenvalue weighted by atomic mass is 11.6. The molecule has 0 bridgehead atoms. The van der Waals surface area contributed by atoms with E-state index < -0.39 is 104 Å². The highest BCUT2D eigenvalue weighted by Gasteiger charge is 2.63. The van der Waals surface area contributed by atoms with Crippen LogP contribution in [0.5, 0.6) is 0 Å². The average molecular weight is 1050 g/mol. The summed E-state index contributed by atoms with van der Waals surface area (Å²) in [6.45, 7) is 9.21. The average Bonchev–Trinajstić information content (AvgIpc) is 2.70. The monoisotopic (exact) mass is 1050 g/mol. The van der Waals surface area contributed by atoms with E-state index in [1.807, 2.05) is 0 Å². The first-order valence-electron chi connectivity index (χ1n) is 12.5. The normalized spacial score (nSPS) is 19.6. The molecule has 7 atom stereocenters. The third-order valence-corrected chi connectivity index (χ3v) is 22.7. The van der Waals surface area contributed by atoms with Crippen molar-refractivity contribution in [3.8, 4) is 0 Å². The minimum atomic E-state index is -6.46. The van der Waals surface area contributed by atoms with E-state index in [1.165, 1.54) is 26.7 Å². The molecule has 0 heterocycles. The van der Waals surface area contributed by atoms with Crippen LogP contribution in [0.2, 0.25) is 0 Å². The first-order valence-corrected chi connectivity index (χ1v) is 35.3. The van der Waals surface area contributed by atoms with Crippen molar-refractivity contribution in [2.24, 2.45) is 0 Å². The summed E-state index contributed by atoms with van der Waals surface area (Å²) in [5, 5.41) is -14.1. The van der Waals surface area contributed by atoms with Crippen molar-refractivity contribution in [2.75, 3.05) is 79.2 Å². The Bertz CT molecular complexity index is 1500. The number of rotatable bonds is 10. The van der Waals surface area contributed by atoms with Crippen LogP contribution in [0.3, 0.4) is 0 Å². The molecule has 40 heteroatoms. The highest BCUT2D eigenvalue weighted by Crippen LogP contribution is 2.76. The first kappa shape index (κ1) is 68.2. The Labute approximate surface area is 310 Å². The summed E-state index contributed by atoms with van der Waals surface area (Å²) in [5.74, 6) is -0.425. The summed E-state index contributed by atoms with van der Waals surface area (Å²) in [6.07, 6.45) is 0. The van der Waals surface area contributed by atoms with Crippen molar-refractivity contribution in [3.63, 3.8) is 0 Å². The molecule has 0 aromatic heterocycles. The largest absolute Gasteiger partial charge is 0.502 e. The lowest BCUT2D eigenvalue weighted by Gasteiger charge is -2.22. The van der Waals surface area contributed by atoms with Crippen molar-refractivity contribution < 1.29 is 133 Å². The summed E-state index contributed by atoms with van der Waals surface area (Å²) in [4.78, 5) is 71.9. The van der Waals surface area contributed by atoms with E-state index >= 15 is 0 Å². The molecule has 55 heavy (non-hydrogen) atoms. The van der Waals surface area contributed by atoms with Crippen LogP contribution in [0, 0.1) is 0 Å². The van der Waals surface area contributed by atoms with Gasteiger partial charge in [0.05, 0.1) is 0 Å². The fourth-order valence-corrected chi connectivity index (χ4v) is 16.9. The van der Waals surface area contributed by atoms with E-state index in [0.717, 1.165) is 26.7 Å². The van der Waals surface area contributed by atoms with Gasteiger partial charge in [-0.15, -0.1) is 0 Å². The minimum Gasteiger partial charge on any atom is -0.344 e. The topological polar surface area (TPSA) is 379 Å². The quantitative estimate of drug-likeness (QED) is 0.0747. The van der Waals surface area contributed by atoms with Crippen LogP contribution in [0.15, 0.2) is 0 Å². The van der Waals surface area contributed by atoms with Crippen molar-refractivity contribution >= 4 is 82.3 Å². The predicted octanol–water partition coefficient (Wildman–Crippen LogP) is 7.69.